The van der Waals surface area contributed by atoms with Crippen molar-refractivity contribution < 1.29 is 4.79 Å². The number of hydrogen-bond acceptors (Lipinski definition) is 4. The van der Waals surface area contributed by atoms with Crippen LogP contribution in [0.25, 0.3) is 12.2 Å². The molecule has 1 aromatic heterocycles. The predicted molar refractivity (Wildman–Crippen MR) is 117 cm³/mol. The molecule has 1 heterocycles. The lowest BCUT2D eigenvalue weighted by molar-refractivity contribution is -0.121. The van der Waals surface area contributed by atoms with Crippen molar-refractivity contribution in [1.29, 1.82) is 0 Å². The van der Waals surface area contributed by atoms with E-state index < -0.39 is 0 Å². The van der Waals surface area contributed by atoms with Gasteiger partial charge in [0.2, 0.25) is 5.91 Å². The lowest BCUT2D eigenvalue weighted by atomic mass is 10.1. The van der Waals surface area contributed by atoms with Crippen LogP contribution in [0.4, 0.5) is 0 Å². The average Bonchev–Trinajstić information content (AvgIpc) is 2.71. The minimum absolute atomic E-state index is 0.0489. The van der Waals surface area contributed by atoms with E-state index >= 15 is 0 Å². The molecular formula is C23H24N4O3. The van der Waals surface area contributed by atoms with Gasteiger partial charge in [-0.2, -0.15) is 0 Å². The number of H-pyrrole nitrogens is 2. The van der Waals surface area contributed by atoms with Crippen molar-refractivity contribution in [3.8, 4) is 0 Å². The van der Waals surface area contributed by atoms with Crippen LogP contribution in [-0.4, -0.2) is 41.4 Å². The first-order valence-corrected chi connectivity index (χ1v) is 9.52. The van der Waals surface area contributed by atoms with E-state index in [1.807, 2.05) is 68.7 Å². The fraction of sp³-hybridized carbons (Fsp3) is 0.174. The summed E-state index contributed by atoms with van der Waals surface area (Å²) >= 11 is 0. The Balaban J connectivity index is 1.79. The smallest absolute Gasteiger partial charge is 0.272 e. The van der Waals surface area contributed by atoms with Crippen molar-refractivity contribution >= 4 is 18.1 Å². The summed E-state index contributed by atoms with van der Waals surface area (Å²) in [4.78, 5) is 43.5. The third kappa shape index (κ3) is 5.89. The van der Waals surface area contributed by atoms with Crippen LogP contribution in [0.3, 0.4) is 0 Å². The van der Waals surface area contributed by atoms with Crippen LogP contribution in [0.2, 0.25) is 0 Å². The summed E-state index contributed by atoms with van der Waals surface area (Å²) in [7, 11) is 3.67. The van der Waals surface area contributed by atoms with Crippen LogP contribution < -0.4 is 27.1 Å². The van der Waals surface area contributed by atoms with E-state index in [-0.39, 0.29) is 27.7 Å². The minimum Gasteiger partial charge on any atom is -0.351 e. The first kappa shape index (κ1) is 21.0. The van der Waals surface area contributed by atoms with Crippen LogP contribution in [0.15, 0.2) is 64.2 Å². The molecule has 3 aromatic rings. The van der Waals surface area contributed by atoms with Crippen molar-refractivity contribution in [2.75, 3.05) is 20.6 Å². The van der Waals surface area contributed by atoms with Crippen LogP contribution in [-0.2, 0) is 11.3 Å². The second-order valence-electron chi connectivity index (χ2n) is 7.19. The van der Waals surface area contributed by atoms with Gasteiger partial charge in [0.1, 0.15) is 10.7 Å². The van der Waals surface area contributed by atoms with Crippen LogP contribution in [0.1, 0.15) is 16.7 Å². The normalized spacial score (nSPS) is 12.4. The van der Waals surface area contributed by atoms with Crippen molar-refractivity contribution in [3.05, 3.63) is 103 Å². The molecule has 2 aromatic carbocycles. The molecule has 0 aliphatic carbocycles. The van der Waals surface area contributed by atoms with Crippen molar-refractivity contribution in [1.82, 2.24) is 20.2 Å². The summed E-state index contributed by atoms with van der Waals surface area (Å²) in [6.45, 7) is 0.758. The number of aromatic nitrogens is 2. The zero-order valence-electron chi connectivity index (χ0n) is 16.9. The van der Waals surface area contributed by atoms with Gasteiger partial charge in [-0.1, -0.05) is 54.6 Å². The van der Waals surface area contributed by atoms with E-state index in [2.05, 4.69) is 15.3 Å². The number of carbonyl (C=O) groups is 1. The molecule has 3 rings (SSSR count). The molecule has 0 spiro atoms. The van der Waals surface area contributed by atoms with E-state index in [1.54, 1.807) is 17.1 Å². The Morgan fingerprint density at radius 1 is 0.867 bits per heavy atom. The quantitative estimate of drug-likeness (QED) is 0.534. The zero-order valence-corrected chi connectivity index (χ0v) is 16.9. The van der Waals surface area contributed by atoms with E-state index in [4.69, 9.17) is 0 Å². The standard InChI is InChI=1S/C23H24N4O3/c1-27(2)15-21(28)24-14-18-10-8-17(9-11-18)13-20-23(30)25-19(22(29)26-20)12-16-6-4-3-5-7-16/h3-13H,14-15H2,1-2H3,(H,24,28)(H,25,30)(H,26,29). The van der Waals surface area contributed by atoms with Gasteiger partial charge in [-0.15, -0.1) is 0 Å². The monoisotopic (exact) mass is 404 g/mol. The Hall–Kier alpha value is -3.71. The summed E-state index contributed by atoms with van der Waals surface area (Å²) < 4.78 is 0. The molecule has 0 fully saturated rings. The highest BCUT2D eigenvalue weighted by Gasteiger charge is 2.02. The molecule has 0 saturated carbocycles. The molecular weight excluding hydrogens is 380 g/mol. The maximum absolute atomic E-state index is 12.4. The molecule has 1 amide bonds. The zero-order chi connectivity index (χ0) is 21.5. The molecule has 0 aliphatic rings. The fourth-order valence-electron chi connectivity index (χ4n) is 2.85. The SMILES string of the molecule is CN(C)CC(=O)NCc1ccc(C=c2[nH]c(=O)c(=Cc3ccccc3)[nH]c2=O)cc1. The van der Waals surface area contributed by atoms with Crippen molar-refractivity contribution in [2.45, 2.75) is 6.54 Å². The molecule has 0 atom stereocenters. The molecule has 0 aliphatic heterocycles. The summed E-state index contributed by atoms with van der Waals surface area (Å²) in [6, 6.07) is 16.7. The second kappa shape index (κ2) is 9.67. The Kier molecular flexibility index (Phi) is 6.77. The topological polar surface area (TPSA) is 98.1 Å². The maximum Gasteiger partial charge on any atom is 0.272 e. The van der Waals surface area contributed by atoms with Gasteiger partial charge >= 0.3 is 0 Å². The molecule has 7 heteroatoms. The molecule has 3 N–H and O–H groups in total. The number of nitrogens with one attached hydrogen (secondary N) is 3. The largest absolute Gasteiger partial charge is 0.351 e. The van der Waals surface area contributed by atoms with Gasteiger partial charge in [-0.05, 0) is 42.9 Å². The summed E-state index contributed by atoms with van der Waals surface area (Å²) in [5, 5.41) is 3.22. The molecule has 30 heavy (non-hydrogen) atoms. The third-order valence-electron chi connectivity index (χ3n) is 4.34. The number of amides is 1. The highest BCUT2D eigenvalue weighted by molar-refractivity contribution is 5.77. The summed E-state index contributed by atoms with van der Waals surface area (Å²) in [5.74, 6) is -0.0489. The molecule has 0 saturated heterocycles. The molecule has 154 valence electrons. The Bertz CT molecular complexity index is 1240. The molecule has 0 unspecified atom stereocenters. The number of likely N-dealkylation sites (N-methyl/N-ethyl adjacent to an activating group) is 1. The van der Waals surface area contributed by atoms with Gasteiger partial charge in [0.05, 0.1) is 6.54 Å². The Morgan fingerprint density at radius 3 is 1.93 bits per heavy atom. The second-order valence-corrected chi connectivity index (χ2v) is 7.19. The fourth-order valence-corrected chi connectivity index (χ4v) is 2.85. The lowest BCUT2D eigenvalue weighted by Gasteiger charge is -2.10. The van der Waals surface area contributed by atoms with Gasteiger partial charge in [0.15, 0.2) is 0 Å². The number of carbonyl (C=O) groups excluding carboxylic acids is 1. The van der Waals surface area contributed by atoms with Crippen molar-refractivity contribution in [3.63, 3.8) is 0 Å². The van der Waals surface area contributed by atoms with E-state index in [0.29, 0.717) is 13.1 Å². The highest BCUT2D eigenvalue weighted by Crippen LogP contribution is 2.04. The number of hydrogen-bond donors (Lipinski definition) is 3. The minimum atomic E-state index is -0.378. The van der Waals surface area contributed by atoms with Crippen LogP contribution in [0, 0.1) is 0 Å². The molecule has 0 radical (unpaired) electrons. The molecule has 0 bridgehead atoms. The van der Waals surface area contributed by atoms with E-state index in [9.17, 15) is 14.4 Å². The van der Waals surface area contributed by atoms with Gasteiger partial charge in [-0.25, -0.2) is 0 Å². The van der Waals surface area contributed by atoms with E-state index in [0.717, 1.165) is 16.7 Å². The summed E-state index contributed by atoms with van der Waals surface area (Å²) in [5.41, 5.74) is 1.78. The van der Waals surface area contributed by atoms with Gasteiger partial charge in [0, 0.05) is 6.54 Å². The first-order valence-electron chi connectivity index (χ1n) is 9.52. The highest BCUT2D eigenvalue weighted by atomic mass is 16.2. The van der Waals surface area contributed by atoms with E-state index in [1.165, 1.54) is 0 Å². The van der Waals surface area contributed by atoms with Crippen LogP contribution >= 0.6 is 0 Å². The lowest BCUT2D eigenvalue weighted by Crippen LogP contribution is -2.46. The summed E-state index contributed by atoms with van der Waals surface area (Å²) in [6.07, 6.45) is 3.24. The number of aromatic amines is 2. The molecule has 7 nitrogen and oxygen atoms in total. The van der Waals surface area contributed by atoms with Crippen molar-refractivity contribution in [2.24, 2.45) is 0 Å². The first-order chi connectivity index (χ1) is 14.4. The van der Waals surface area contributed by atoms with Gasteiger partial charge < -0.3 is 20.2 Å². The Labute approximate surface area is 173 Å². The van der Waals surface area contributed by atoms with Crippen LogP contribution in [0.5, 0.6) is 0 Å². The maximum atomic E-state index is 12.4. The third-order valence-corrected chi connectivity index (χ3v) is 4.34. The number of rotatable bonds is 6. The van der Waals surface area contributed by atoms with Gasteiger partial charge in [0.25, 0.3) is 11.1 Å². The number of nitrogens with zero attached hydrogens (tertiary/aromatic N) is 1. The van der Waals surface area contributed by atoms with Gasteiger partial charge in [-0.3, -0.25) is 14.4 Å². The predicted octanol–water partition coefficient (Wildman–Crippen LogP) is -0.101. The number of benzene rings is 2. The average molecular weight is 404 g/mol. The Morgan fingerprint density at radius 2 is 1.40 bits per heavy atom.